The van der Waals surface area contributed by atoms with E-state index in [4.69, 9.17) is 0 Å². The Balaban J connectivity index is 1.72. The van der Waals surface area contributed by atoms with Gasteiger partial charge in [-0.3, -0.25) is 4.79 Å². The number of carbonyl (C=O) groups excluding carboxylic acids is 1. The summed E-state index contributed by atoms with van der Waals surface area (Å²) in [5, 5.41) is 12.0. The molecule has 2 aromatic heterocycles. The summed E-state index contributed by atoms with van der Waals surface area (Å²) in [7, 11) is 0. The minimum Gasteiger partial charge on any atom is -0.354 e. The number of hydrogen-bond acceptors (Lipinski definition) is 6. The molecule has 0 aliphatic heterocycles. The fraction of sp³-hybridized carbons (Fsp3) is 0.600. The van der Waals surface area contributed by atoms with E-state index in [1.54, 1.807) is 29.3 Å². The first-order valence-electron chi connectivity index (χ1n) is 7.72. The van der Waals surface area contributed by atoms with E-state index in [1.165, 1.54) is 0 Å². The minimum absolute atomic E-state index is 0.0293. The Hall–Kier alpha value is -1.41. The molecule has 2 aromatic rings. The summed E-state index contributed by atoms with van der Waals surface area (Å²) in [4.78, 5) is 16.6. The third-order valence-corrected chi connectivity index (χ3v) is 5.42. The summed E-state index contributed by atoms with van der Waals surface area (Å²) in [5.74, 6) is 2.19. The highest BCUT2D eigenvalue weighted by molar-refractivity contribution is 8.01. The van der Waals surface area contributed by atoms with Crippen LogP contribution in [0.25, 0.3) is 0 Å². The summed E-state index contributed by atoms with van der Waals surface area (Å²) in [6.45, 7) is 8.68. The van der Waals surface area contributed by atoms with Gasteiger partial charge < -0.3 is 9.88 Å². The van der Waals surface area contributed by atoms with Gasteiger partial charge in [-0.1, -0.05) is 36.9 Å². The van der Waals surface area contributed by atoms with Crippen LogP contribution in [0.4, 0.5) is 0 Å². The molecule has 0 saturated carbocycles. The maximum atomic E-state index is 12.3. The number of rotatable bonds is 8. The topological polar surface area (TPSA) is 72.7 Å². The Morgan fingerprint density at radius 2 is 2.17 bits per heavy atom. The van der Waals surface area contributed by atoms with Gasteiger partial charge >= 0.3 is 0 Å². The maximum absolute atomic E-state index is 12.3. The highest BCUT2D eigenvalue weighted by Crippen LogP contribution is 2.22. The van der Waals surface area contributed by atoms with Crippen LogP contribution in [0.1, 0.15) is 50.0 Å². The summed E-state index contributed by atoms with van der Waals surface area (Å²) in [5.41, 5.74) is 0. The zero-order valence-corrected chi connectivity index (χ0v) is 15.6. The Labute approximate surface area is 145 Å². The molecule has 0 fully saturated rings. The van der Waals surface area contributed by atoms with Crippen molar-refractivity contribution in [1.29, 1.82) is 0 Å². The van der Waals surface area contributed by atoms with Crippen LogP contribution in [0.5, 0.6) is 0 Å². The number of nitrogens with zero attached hydrogens (tertiary/aromatic N) is 4. The largest absolute Gasteiger partial charge is 0.354 e. The van der Waals surface area contributed by atoms with E-state index in [1.807, 2.05) is 24.6 Å². The lowest BCUT2D eigenvalue weighted by atomic mass is 10.2. The van der Waals surface area contributed by atoms with E-state index in [-0.39, 0.29) is 11.9 Å². The molecule has 0 spiro atoms. The summed E-state index contributed by atoms with van der Waals surface area (Å²) in [6.07, 6.45) is 4.52. The average Bonchev–Trinajstić information content (AvgIpc) is 3.14. The minimum atomic E-state index is -0.242. The van der Waals surface area contributed by atoms with Crippen LogP contribution in [0.15, 0.2) is 16.7 Å². The van der Waals surface area contributed by atoms with Crippen molar-refractivity contribution in [3.8, 4) is 0 Å². The van der Waals surface area contributed by atoms with Crippen LogP contribution in [-0.2, 0) is 4.79 Å². The first kappa shape index (κ1) is 17.9. The van der Waals surface area contributed by atoms with Crippen LogP contribution in [0.2, 0.25) is 0 Å². The first-order valence-corrected chi connectivity index (χ1v) is 9.52. The monoisotopic (exact) mass is 353 g/mol. The second-order valence-electron chi connectivity index (χ2n) is 5.60. The molecule has 1 N–H and O–H groups in total. The van der Waals surface area contributed by atoms with E-state index >= 15 is 0 Å². The number of amides is 1. The van der Waals surface area contributed by atoms with Gasteiger partial charge in [0.25, 0.3) is 0 Å². The molecule has 0 radical (unpaired) electrons. The Morgan fingerprint density at radius 3 is 2.83 bits per heavy atom. The van der Waals surface area contributed by atoms with E-state index in [2.05, 4.69) is 34.3 Å². The normalized spacial score (nSPS) is 12.6. The van der Waals surface area contributed by atoms with Crippen LogP contribution in [0.3, 0.4) is 0 Å². The zero-order chi connectivity index (χ0) is 16.8. The van der Waals surface area contributed by atoms with Crippen molar-refractivity contribution < 1.29 is 4.79 Å². The Bertz CT molecular complexity index is 637. The van der Waals surface area contributed by atoms with E-state index in [0.29, 0.717) is 12.5 Å². The van der Waals surface area contributed by atoms with Crippen LogP contribution < -0.4 is 5.32 Å². The molecule has 0 unspecified atom stereocenters. The quantitative estimate of drug-likeness (QED) is 0.583. The number of nitrogens with one attached hydrogen (secondary N) is 1. The number of aryl methyl sites for hydroxylation is 1. The fourth-order valence-electron chi connectivity index (χ4n) is 2.15. The fourth-order valence-corrected chi connectivity index (χ4v) is 3.98. The summed E-state index contributed by atoms with van der Waals surface area (Å²) in [6, 6.07) is -0.242. The number of imidazole rings is 1. The second-order valence-corrected chi connectivity index (χ2v) is 8.13. The average molecular weight is 354 g/mol. The molecule has 0 saturated heterocycles. The van der Waals surface area contributed by atoms with Crippen molar-refractivity contribution in [2.45, 2.75) is 50.4 Å². The molecule has 1 amide bonds. The van der Waals surface area contributed by atoms with Crippen molar-refractivity contribution in [1.82, 2.24) is 25.1 Å². The number of thioether (sulfide) groups is 1. The maximum Gasteiger partial charge on any atom is 0.242 e. The molecule has 0 aliphatic carbocycles. The summed E-state index contributed by atoms with van der Waals surface area (Å²) >= 11 is 3.29. The lowest BCUT2D eigenvalue weighted by Gasteiger charge is -2.17. The predicted molar refractivity (Wildman–Crippen MR) is 94.0 cm³/mol. The van der Waals surface area contributed by atoms with Gasteiger partial charge in [-0.15, -0.1) is 10.2 Å². The van der Waals surface area contributed by atoms with Gasteiger partial charge in [0.2, 0.25) is 5.91 Å². The molecule has 1 atom stereocenters. The molecule has 126 valence electrons. The molecular formula is C15H23N5OS2. The number of carbonyl (C=O) groups is 1. The van der Waals surface area contributed by atoms with E-state index < -0.39 is 0 Å². The van der Waals surface area contributed by atoms with Gasteiger partial charge in [-0.05, 0) is 20.3 Å². The molecule has 0 bridgehead atoms. The smallest absolute Gasteiger partial charge is 0.242 e. The zero-order valence-electron chi connectivity index (χ0n) is 13.9. The highest BCUT2D eigenvalue weighted by atomic mass is 32.2. The van der Waals surface area contributed by atoms with Gasteiger partial charge in [0.1, 0.15) is 16.9 Å². The summed E-state index contributed by atoms with van der Waals surface area (Å²) < 4.78 is 2.93. The van der Waals surface area contributed by atoms with Gasteiger partial charge in [0, 0.05) is 30.6 Å². The molecule has 2 heterocycles. The van der Waals surface area contributed by atoms with Crippen molar-refractivity contribution in [2.24, 2.45) is 0 Å². The van der Waals surface area contributed by atoms with Gasteiger partial charge in [0.05, 0.1) is 0 Å². The molecule has 6 nitrogen and oxygen atoms in total. The number of aromatic nitrogens is 4. The molecular weight excluding hydrogens is 330 g/mol. The second kappa shape index (κ2) is 8.44. The SMILES string of the molecule is Cc1nnc(SCCCNC(=O)[C@@H](C)n2ccnc2C(C)C)s1. The van der Waals surface area contributed by atoms with Crippen LogP contribution >= 0.6 is 23.1 Å². The molecule has 23 heavy (non-hydrogen) atoms. The van der Waals surface area contributed by atoms with Crippen LogP contribution in [0, 0.1) is 6.92 Å². The molecule has 0 aliphatic rings. The van der Waals surface area contributed by atoms with Crippen LogP contribution in [-0.4, -0.2) is 38.0 Å². The predicted octanol–water partition coefficient (Wildman–Crippen LogP) is 3.03. The Morgan fingerprint density at radius 1 is 1.39 bits per heavy atom. The molecule has 2 rings (SSSR count). The number of hydrogen-bond donors (Lipinski definition) is 1. The Kier molecular flexibility index (Phi) is 6.59. The lowest BCUT2D eigenvalue weighted by Crippen LogP contribution is -2.32. The molecule has 0 aromatic carbocycles. The lowest BCUT2D eigenvalue weighted by molar-refractivity contribution is -0.123. The van der Waals surface area contributed by atoms with Crippen molar-refractivity contribution in [3.63, 3.8) is 0 Å². The first-order chi connectivity index (χ1) is 11.0. The van der Waals surface area contributed by atoms with Crippen molar-refractivity contribution in [2.75, 3.05) is 12.3 Å². The van der Waals surface area contributed by atoms with Gasteiger partial charge in [-0.25, -0.2) is 4.98 Å². The van der Waals surface area contributed by atoms with E-state index in [9.17, 15) is 4.79 Å². The molecule has 8 heteroatoms. The highest BCUT2D eigenvalue weighted by Gasteiger charge is 2.18. The van der Waals surface area contributed by atoms with Gasteiger partial charge in [-0.2, -0.15) is 0 Å². The third-order valence-electron chi connectivity index (χ3n) is 3.37. The van der Waals surface area contributed by atoms with Crippen molar-refractivity contribution in [3.05, 3.63) is 23.2 Å². The van der Waals surface area contributed by atoms with E-state index in [0.717, 1.165) is 27.3 Å². The van der Waals surface area contributed by atoms with Gasteiger partial charge in [0.15, 0.2) is 4.34 Å². The third kappa shape index (κ3) is 5.04. The van der Waals surface area contributed by atoms with Crippen molar-refractivity contribution >= 4 is 29.0 Å². The standard InChI is InChI=1S/C15H23N5OS2/c1-10(2)13-16-7-8-20(13)11(3)14(21)17-6-5-9-22-15-19-18-12(4)23-15/h7-8,10-11H,5-6,9H2,1-4H3,(H,17,21)/t11-/m1/s1.